The van der Waals surface area contributed by atoms with E-state index in [1.807, 2.05) is 97.9 Å². The van der Waals surface area contributed by atoms with Crippen LogP contribution in [0.4, 0.5) is 0 Å². The van der Waals surface area contributed by atoms with Crippen molar-refractivity contribution in [2.75, 3.05) is 12.3 Å². The average molecular weight is 447 g/mol. The van der Waals surface area contributed by atoms with Crippen molar-refractivity contribution in [3.63, 3.8) is 0 Å². The second kappa shape index (κ2) is 12.7. The van der Waals surface area contributed by atoms with E-state index in [1.54, 1.807) is 16.7 Å². The van der Waals surface area contributed by atoms with Crippen molar-refractivity contribution in [3.8, 4) is 0 Å². The number of benzene rings is 3. The zero-order valence-electron chi connectivity index (χ0n) is 18.4. The van der Waals surface area contributed by atoms with Crippen LogP contribution in [-0.4, -0.2) is 35.1 Å². The lowest BCUT2D eigenvalue weighted by molar-refractivity contribution is -0.140. The van der Waals surface area contributed by atoms with Crippen LogP contribution in [0.5, 0.6) is 0 Å². The smallest absolute Gasteiger partial charge is 0.243 e. The average Bonchev–Trinajstić information content (AvgIpc) is 2.83. The minimum Gasteiger partial charge on any atom is -0.355 e. The van der Waals surface area contributed by atoms with Gasteiger partial charge in [0.2, 0.25) is 11.8 Å². The number of hydrogen-bond donors (Lipinski definition) is 1. The molecule has 0 aliphatic heterocycles. The Bertz CT molecular complexity index is 965. The Morgan fingerprint density at radius 3 is 2.00 bits per heavy atom. The summed E-state index contributed by atoms with van der Waals surface area (Å²) < 4.78 is 0. The van der Waals surface area contributed by atoms with Gasteiger partial charge in [-0.1, -0.05) is 78.9 Å². The molecule has 4 nitrogen and oxygen atoms in total. The predicted octanol–water partition coefficient (Wildman–Crippen LogP) is 4.95. The molecule has 166 valence electrons. The Labute approximate surface area is 195 Å². The summed E-state index contributed by atoms with van der Waals surface area (Å²) in [5.74, 6) is 0.544. The van der Waals surface area contributed by atoms with E-state index < -0.39 is 6.04 Å². The molecule has 0 saturated heterocycles. The van der Waals surface area contributed by atoms with Crippen LogP contribution >= 0.6 is 11.8 Å². The van der Waals surface area contributed by atoms with Crippen LogP contribution in [0.1, 0.15) is 24.5 Å². The first-order chi connectivity index (χ1) is 15.7. The van der Waals surface area contributed by atoms with Crippen LogP contribution in [0.3, 0.4) is 0 Å². The highest BCUT2D eigenvalue weighted by Gasteiger charge is 2.29. The fourth-order valence-electron chi connectivity index (χ4n) is 3.54. The number of carbonyl (C=O) groups is 2. The van der Waals surface area contributed by atoms with Gasteiger partial charge in [0, 0.05) is 36.6 Å². The molecule has 1 N–H and O–H groups in total. The molecule has 0 aliphatic rings. The monoisotopic (exact) mass is 446 g/mol. The number of carbonyl (C=O) groups excluding carboxylic acids is 2. The molecular weight excluding hydrogens is 416 g/mol. The second-order valence-electron chi connectivity index (χ2n) is 7.52. The van der Waals surface area contributed by atoms with Crippen LogP contribution in [0.15, 0.2) is 95.9 Å². The standard InChI is InChI=1S/C27H30N2O2S/c1-2-28-27(31)25(20-22-12-6-3-7-13-22)29(21-23-14-8-4-9-15-23)26(30)18-19-32-24-16-10-5-11-17-24/h3-17,25H,2,18-21H2,1H3,(H,28,31)/t25-/m1/s1. The molecule has 0 bridgehead atoms. The van der Waals surface area contributed by atoms with Gasteiger partial charge < -0.3 is 10.2 Å². The maximum absolute atomic E-state index is 13.4. The predicted molar refractivity (Wildman–Crippen MR) is 131 cm³/mol. The minimum absolute atomic E-state index is 0.00975. The van der Waals surface area contributed by atoms with Gasteiger partial charge in [0.25, 0.3) is 0 Å². The molecule has 3 aromatic carbocycles. The molecule has 32 heavy (non-hydrogen) atoms. The fraction of sp³-hybridized carbons (Fsp3) is 0.259. The molecule has 5 heteroatoms. The van der Waals surface area contributed by atoms with Gasteiger partial charge in [0.1, 0.15) is 6.04 Å². The van der Waals surface area contributed by atoms with Gasteiger partial charge in [-0.2, -0.15) is 0 Å². The molecule has 0 aliphatic carbocycles. The third-order valence-corrected chi connectivity index (χ3v) is 6.16. The maximum Gasteiger partial charge on any atom is 0.243 e. The largest absolute Gasteiger partial charge is 0.355 e. The van der Waals surface area contributed by atoms with Crippen molar-refractivity contribution in [3.05, 3.63) is 102 Å². The van der Waals surface area contributed by atoms with E-state index in [0.717, 1.165) is 16.0 Å². The molecule has 0 radical (unpaired) electrons. The van der Waals surface area contributed by atoms with Gasteiger partial charge in [-0.25, -0.2) is 0 Å². The first-order valence-corrected chi connectivity index (χ1v) is 12.0. The second-order valence-corrected chi connectivity index (χ2v) is 8.69. The van der Waals surface area contributed by atoms with Crippen molar-refractivity contribution in [1.82, 2.24) is 10.2 Å². The lowest BCUT2D eigenvalue weighted by Gasteiger charge is -2.31. The van der Waals surface area contributed by atoms with Crippen molar-refractivity contribution < 1.29 is 9.59 Å². The van der Waals surface area contributed by atoms with Crippen LogP contribution in [0.25, 0.3) is 0 Å². The molecule has 0 heterocycles. The van der Waals surface area contributed by atoms with Gasteiger partial charge in [-0.3, -0.25) is 9.59 Å². The van der Waals surface area contributed by atoms with Crippen LogP contribution in [0.2, 0.25) is 0 Å². The van der Waals surface area contributed by atoms with E-state index in [9.17, 15) is 9.59 Å². The Morgan fingerprint density at radius 2 is 1.41 bits per heavy atom. The lowest BCUT2D eigenvalue weighted by atomic mass is 10.0. The Hall–Kier alpha value is -3.05. The zero-order chi connectivity index (χ0) is 22.6. The molecule has 0 saturated carbocycles. The first kappa shape index (κ1) is 23.6. The van der Waals surface area contributed by atoms with Crippen LogP contribution in [0, 0.1) is 0 Å². The van der Waals surface area contributed by atoms with Gasteiger partial charge >= 0.3 is 0 Å². The highest BCUT2D eigenvalue weighted by atomic mass is 32.2. The lowest BCUT2D eigenvalue weighted by Crippen LogP contribution is -2.50. The van der Waals surface area contributed by atoms with Gasteiger partial charge in [0.05, 0.1) is 0 Å². The van der Waals surface area contributed by atoms with E-state index in [-0.39, 0.29) is 11.8 Å². The summed E-state index contributed by atoms with van der Waals surface area (Å²) in [6.45, 7) is 2.84. The van der Waals surface area contributed by atoms with Crippen molar-refractivity contribution >= 4 is 23.6 Å². The summed E-state index contributed by atoms with van der Waals surface area (Å²) in [7, 11) is 0. The molecule has 3 rings (SSSR count). The Morgan fingerprint density at radius 1 is 0.844 bits per heavy atom. The summed E-state index contributed by atoms with van der Waals surface area (Å²) in [5.41, 5.74) is 2.05. The van der Waals surface area contributed by atoms with Gasteiger partial charge in [0.15, 0.2) is 0 Å². The number of amides is 2. The summed E-state index contributed by atoms with van der Waals surface area (Å²) in [6, 6.07) is 29.3. The van der Waals surface area contributed by atoms with E-state index in [0.29, 0.717) is 31.7 Å². The summed E-state index contributed by atoms with van der Waals surface area (Å²) in [4.78, 5) is 29.4. The van der Waals surface area contributed by atoms with Crippen LogP contribution in [-0.2, 0) is 22.6 Å². The topological polar surface area (TPSA) is 49.4 Å². The molecule has 0 aromatic heterocycles. The molecule has 1 atom stereocenters. The Balaban J connectivity index is 1.80. The molecule has 0 spiro atoms. The SMILES string of the molecule is CCNC(=O)[C@@H](Cc1ccccc1)N(Cc1ccccc1)C(=O)CCSc1ccccc1. The normalized spacial score (nSPS) is 11.5. The number of nitrogens with one attached hydrogen (secondary N) is 1. The van der Waals surface area contributed by atoms with Crippen LogP contribution < -0.4 is 5.32 Å². The summed E-state index contributed by atoms with van der Waals surface area (Å²) >= 11 is 1.66. The molecule has 0 unspecified atom stereocenters. The highest BCUT2D eigenvalue weighted by Crippen LogP contribution is 2.20. The van der Waals surface area contributed by atoms with E-state index in [1.165, 1.54) is 0 Å². The highest BCUT2D eigenvalue weighted by molar-refractivity contribution is 7.99. The zero-order valence-corrected chi connectivity index (χ0v) is 19.3. The van der Waals surface area contributed by atoms with Gasteiger partial charge in [-0.15, -0.1) is 11.8 Å². The Kier molecular flexibility index (Phi) is 9.38. The van der Waals surface area contributed by atoms with E-state index >= 15 is 0 Å². The fourth-order valence-corrected chi connectivity index (χ4v) is 4.40. The third kappa shape index (κ3) is 7.27. The number of thioether (sulfide) groups is 1. The number of hydrogen-bond acceptors (Lipinski definition) is 3. The number of likely N-dealkylation sites (N-methyl/N-ethyl adjacent to an activating group) is 1. The number of rotatable bonds is 11. The molecule has 3 aromatic rings. The molecule has 2 amide bonds. The van der Waals surface area contributed by atoms with Crippen molar-refractivity contribution in [2.24, 2.45) is 0 Å². The van der Waals surface area contributed by atoms with E-state index in [2.05, 4.69) is 5.32 Å². The van der Waals surface area contributed by atoms with E-state index in [4.69, 9.17) is 0 Å². The van der Waals surface area contributed by atoms with Crippen molar-refractivity contribution in [2.45, 2.75) is 37.2 Å². The third-order valence-electron chi connectivity index (χ3n) is 5.15. The van der Waals surface area contributed by atoms with Gasteiger partial charge in [-0.05, 0) is 30.2 Å². The first-order valence-electron chi connectivity index (χ1n) is 11.0. The van der Waals surface area contributed by atoms with Crippen molar-refractivity contribution in [1.29, 1.82) is 0 Å². The molecule has 0 fully saturated rings. The number of nitrogens with zero attached hydrogens (tertiary/aromatic N) is 1. The quantitative estimate of drug-likeness (QED) is 0.424. The summed E-state index contributed by atoms with van der Waals surface area (Å²) in [6.07, 6.45) is 0.855. The molecular formula is C27H30N2O2S. The maximum atomic E-state index is 13.4. The minimum atomic E-state index is -0.563. The summed E-state index contributed by atoms with van der Waals surface area (Å²) in [5, 5.41) is 2.93.